The van der Waals surface area contributed by atoms with Gasteiger partial charge in [0.2, 0.25) is 0 Å². The number of unbranched alkanes of at least 4 members (excludes halogenated alkanes) is 5. The molecule has 156 valence electrons. The fraction of sp³-hybridized carbons (Fsp3) is 0.909. The largest absolute Gasteiger partial charge is 0.502 e. The van der Waals surface area contributed by atoms with Crippen molar-refractivity contribution in [2.24, 2.45) is 5.92 Å². The van der Waals surface area contributed by atoms with Crippen molar-refractivity contribution in [2.75, 3.05) is 26.4 Å². The van der Waals surface area contributed by atoms with Gasteiger partial charge in [0.1, 0.15) is 0 Å². The predicted octanol–water partition coefficient (Wildman–Crippen LogP) is 6.45. The number of hydrogen-bond donors (Lipinski definition) is 0. The molecule has 0 spiro atoms. The lowest BCUT2D eigenvalue weighted by atomic mass is 9.93. The molecule has 1 atom stereocenters. The van der Waals surface area contributed by atoms with E-state index in [1.54, 1.807) is 6.26 Å². The van der Waals surface area contributed by atoms with Crippen LogP contribution in [0.15, 0.2) is 12.3 Å². The van der Waals surface area contributed by atoms with Crippen LogP contribution >= 0.6 is 0 Å². The zero-order valence-corrected chi connectivity index (χ0v) is 18.1. The minimum absolute atomic E-state index is 0.225. The third-order valence-corrected chi connectivity index (χ3v) is 4.49. The summed E-state index contributed by atoms with van der Waals surface area (Å²) in [6.07, 6.45) is 14.4. The Morgan fingerprint density at radius 2 is 1.27 bits per heavy atom. The summed E-state index contributed by atoms with van der Waals surface area (Å²) in [6, 6.07) is 0. The Bertz CT molecular complexity index is 300. The summed E-state index contributed by atoms with van der Waals surface area (Å²) in [6.45, 7) is 12.7. The summed E-state index contributed by atoms with van der Waals surface area (Å²) < 4.78 is 23.6. The molecular weight excluding hydrogens is 328 g/mol. The molecule has 0 fully saturated rings. The Kier molecular flexibility index (Phi) is 17.4. The van der Waals surface area contributed by atoms with E-state index < -0.39 is 5.97 Å². The van der Waals surface area contributed by atoms with Crippen molar-refractivity contribution in [1.29, 1.82) is 0 Å². The summed E-state index contributed by atoms with van der Waals surface area (Å²) >= 11 is 0. The highest BCUT2D eigenvalue weighted by Crippen LogP contribution is 2.34. The Morgan fingerprint density at radius 1 is 0.731 bits per heavy atom. The van der Waals surface area contributed by atoms with Crippen molar-refractivity contribution in [3.63, 3.8) is 0 Å². The lowest BCUT2D eigenvalue weighted by Gasteiger charge is -2.39. The molecule has 4 heteroatoms. The van der Waals surface area contributed by atoms with E-state index in [1.807, 2.05) is 33.8 Å². The van der Waals surface area contributed by atoms with Crippen LogP contribution in [0.4, 0.5) is 0 Å². The molecule has 0 aliphatic rings. The molecule has 0 amide bonds. The van der Waals surface area contributed by atoms with E-state index in [9.17, 15) is 0 Å². The first-order chi connectivity index (χ1) is 12.7. The molecule has 4 nitrogen and oxygen atoms in total. The first-order valence-electron chi connectivity index (χ1n) is 10.8. The first kappa shape index (κ1) is 25.4. The van der Waals surface area contributed by atoms with Crippen molar-refractivity contribution in [2.45, 2.75) is 98.4 Å². The second kappa shape index (κ2) is 17.8. The van der Waals surface area contributed by atoms with Gasteiger partial charge >= 0.3 is 0 Å². The third kappa shape index (κ3) is 11.2. The van der Waals surface area contributed by atoms with Crippen LogP contribution in [-0.2, 0) is 18.9 Å². The van der Waals surface area contributed by atoms with Crippen LogP contribution in [-0.4, -0.2) is 32.4 Å². The molecule has 0 rings (SSSR count). The fourth-order valence-corrected chi connectivity index (χ4v) is 3.33. The highest BCUT2D eigenvalue weighted by molar-refractivity contribution is 4.73. The fourth-order valence-electron chi connectivity index (χ4n) is 3.33. The molecule has 0 saturated carbocycles. The summed E-state index contributed by atoms with van der Waals surface area (Å²) in [5.74, 6) is -0.690. The van der Waals surface area contributed by atoms with Gasteiger partial charge in [0.25, 0.3) is 5.97 Å². The van der Waals surface area contributed by atoms with E-state index in [1.165, 1.54) is 38.5 Å². The van der Waals surface area contributed by atoms with Gasteiger partial charge in [0, 0.05) is 25.7 Å². The van der Waals surface area contributed by atoms with Gasteiger partial charge in [-0.05, 0) is 47.0 Å². The number of ether oxygens (including phenoxy) is 4. The van der Waals surface area contributed by atoms with E-state index in [0.717, 1.165) is 25.9 Å². The Balaban J connectivity index is 4.79. The Hall–Kier alpha value is -0.580. The molecule has 26 heavy (non-hydrogen) atoms. The second-order valence-electron chi connectivity index (χ2n) is 6.64. The number of hydrogen-bond acceptors (Lipinski definition) is 4. The summed E-state index contributed by atoms with van der Waals surface area (Å²) in [5.41, 5.74) is 0. The minimum Gasteiger partial charge on any atom is -0.502 e. The molecule has 0 N–H and O–H groups in total. The summed E-state index contributed by atoms with van der Waals surface area (Å²) in [7, 11) is 0. The quantitative estimate of drug-likeness (QED) is 0.148. The molecule has 0 aromatic rings. The maximum absolute atomic E-state index is 6.05. The van der Waals surface area contributed by atoms with Crippen LogP contribution in [0.2, 0.25) is 0 Å². The van der Waals surface area contributed by atoms with Gasteiger partial charge in [-0.15, -0.1) is 0 Å². The molecule has 0 aliphatic heterocycles. The van der Waals surface area contributed by atoms with Crippen molar-refractivity contribution in [1.82, 2.24) is 0 Å². The number of allylic oxidation sites excluding steroid dienone is 1. The minimum atomic E-state index is -0.914. The van der Waals surface area contributed by atoms with Gasteiger partial charge in [-0.2, -0.15) is 0 Å². The zero-order valence-electron chi connectivity index (χ0n) is 18.1. The van der Waals surface area contributed by atoms with Crippen LogP contribution in [0.25, 0.3) is 0 Å². The Morgan fingerprint density at radius 3 is 1.81 bits per heavy atom. The lowest BCUT2D eigenvalue weighted by Crippen LogP contribution is -2.47. The molecule has 0 saturated heterocycles. The highest BCUT2D eigenvalue weighted by atomic mass is 16.9. The van der Waals surface area contributed by atoms with E-state index in [2.05, 4.69) is 6.92 Å². The SMILES string of the molecule is CC=COCCCC(CCCCCCCC)C(OCC)(OCC)OCC. The highest BCUT2D eigenvalue weighted by Gasteiger charge is 2.41. The van der Waals surface area contributed by atoms with E-state index in [0.29, 0.717) is 19.8 Å². The van der Waals surface area contributed by atoms with Crippen molar-refractivity contribution in [3.05, 3.63) is 12.3 Å². The molecule has 0 aliphatic carbocycles. The molecule has 1 unspecified atom stereocenters. The summed E-state index contributed by atoms with van der Waals surface area (Å²) in [4.78, 5) is 0. The molecule has 0 bridgehead atoms. The van der Waals surface area contributed by atoms with Crippen LogP contribution in [0.3, 0.4) is 0 Å². The van der Waals surface area contributed by atoms with E-state index >= 15 is 0 Å². The van der Waals surface area contributed by atoms with Gasteiger partial charge in [-0.1, -0.05) is 51.5 Å². The summed E-state index contributed by atoms with van der Waals surface area (Å²) in [5, 5.41) is 0. The Labute approximate surface area is 162 Å². The maximum atomic E-state index is 6.05. The molecular formula is C22H44O4. The van der Waals surface area contributed by atoms with Crippen LogP contribution < -0.4 is 0 Å². The van der Waals surface area contributed by atoms with Crippen LogP contribution in [0, 0.1) is 5.92 Å². The van der Waals surface area contributed by atoms with Crippen molar-refractivity contribution in [3.8, 4) is 0 Å². The standard InChI is InChI=1S/C22H44O4/c1-6-11-12-13-14-15-17-21(18-16-20-23-19-7-2)22(24-8-3,25-9-4)26-10-5/h7,19,21H,6,8-18,20H2,1-5H3. The van der Waals surface area contributed by atoms with Gasteiger partial charge in [-0.3, -0.25) is 0 Å². The van der Waals surface area contributed by atoms with E-state index in [-0.39, 0.29) is 5.92 Å². The lowest BCUT2D eigenvalue weighted by molar-refractivity contribution is -0.403. The zero-order chi connectivity index (χ0) is 19.5. The van der Waals surface area contributed by atoms with Crippen molar-refractivity contribution >= 4 is 0 Å². The molecule has 0 aromatic heterocycles. The molecule has 0 radical (unpaired) electrons. The number of rotatable bonds is 19. The van der Waals surface area contributed by atoms with Gasteiger partial charge in [0.15, 0.2) is 0 Å². The predicted molar refractivity (Wildman–Crippen MR) is 109 cm³/mol. The second-order valence-corrected chi connectivity index (χ2v) is 6.64. The smallest absolute Gasteiger partial charge is 0.285 e. The average Bonchev–Trinajstić information content (AvgIpc) is 2.63. The van der Waals surface area contributed by atoms with E-state index in [4.69, 9.17) is 18.9 Å². The monoisotopic (exact) mass is 372 g/mol. The normalized spacial score (nSPS) is 13.4. The third-order valence-electron chi connectivity index (χ3n) is 4.49. The first-order valence-corrected chi connectivity index (χ1v) is 10.8. The maximum Gasteiger partial charge on any atom is 0.285 e. The van der Waals surface area contributed by atoms with Crippen LogP contribution in [0.5, 0.6) is 0 Å². The van der Waals surface area contributed by atoms with Crippen LogP contribution in [0.1, 0.15) is 92.4 Å². The van der Waals surface area contributed by atoms with Gasteiger partial charge in [0.05, 0.1) is 12.9 Å². The van der Waals surface area contributed by atoms with Gasteiger partial charge < -0.3 is 18.9 Å². The van der Waals surface area contributed by atoms with Gasteiger partial charge in [-0.25, -0.2) is 0 Å². The average molecular weight is 373 g/mol. The molecule has 0 aromatic carbocycles. The molecule has 0 heterocycles. The van der Waals surface area contributed by atoms with Crippen molar-refractivity contribution < 1.29 is 18.9 Å². The topological polar surface area (TPSA) is 36.9 Å².